The molecule has 0 aliphatic carbocycles. The predicted octanol–water partition coefficient (Wildman–Crippen LogP) is 2.52. The standard InChI is InChI=1S/C20H24N4O3S/c1-2-3-6-14-9-11-15(12-10-14)22-20(28)24-23-18(25)13-27-17-8-5-4-7-16(17)19(21)26/h4-5,7-12H,2-3,6,13H2,1H3,(H2,21,26)(H,23,25)(H2,22,24,28). The molecule has 2 aromatic rings. The lowest BCUT2D eigenvalue weighted by atomic mass is 10.1. The van der Waals surface area contributed by atoms with Crippen molar-refractivity contribution in [3.05, 3.63) is 59.7 Å². The molecule has 0 bridgehead atoms. The largest absolute Gasteiger partial charge is 0.483 e. The van der Waals surface area contributed by atoms with Gasteiger partial charge in [0.1, 0.15) is 5.75 Å². The quantitative estimate of drug-likeness (QED) is 0.401. The van der Waals surface area contributed by atoms with Crippen LogP contribution in [0.2, 0.25) is 0 Å². The van der Waals surface area contributed by atoms with Crippen LogP contribution in [0.25, 0.3) is 0 Å². The minimum absolute atomic E-state index is 0.211. The van der Waals surface area contributed by atoms with E-state index < -0.39 is 11.8 Å². The molecular weight excluding hydrogens is 376 g/mol. The molecule has 2 rings (SSSR count). The molecule has 0 unspecified atom stereocenters. The second kappa shape index (κ2) is 10.9. The molecule has 0 aliphatic heterocycles. The van der Waals surface area contributed by atoms with Crippen molar-refractivity contribution in [1.82, 2.24) is 10.9 Å². The van der Waals surface area contributed by atoms with E-state index in [-0.39, 0.29) is 23.0 Å². The number of anilines is 1. The van der Waals surface area contributed by atoms with Gasteiger partial charge in [0, 0.05) is 5.69 Å². The summed E-state index contributed by atoms with van der Waals surface area (Å²) >= 11 is 5.15. The van der Waals surface area contributed by atoms with Gasteiger partial charge in [-0.2, -0.15) is 0 Å². The number of primary amides is 1. The number of nitrogens with one attached hydrogen (secondary N) is 3. The first-order valence-electron chi connectivity index (χ1n) is 8.96. The van der Waals surface area contributed by atoms with Crippen molar-refractivity contribution in [3.8, 4) is 5.75 Å². The Hall–Kier alpha value is -3.13. The number of hydrogen-bond acceptors (Lipinski definition) is 4. The Morgan fingerprint density at radius 3 is 2.46 bits per heavy atom. The zero-order chi connectivity index (χ0) is 20.4. The van der Waals surface area contributed by atoms with Crippen LogP contribution < -0.4 is 26.6 Å². The maximum absolute atomic E-state index is 11.9. The van der Waals surface area contributed by atoms with Crippen molar-refractivity contribution in [3.63, 3.8) is 0 Å². The van der Waals surface area contributed by atoms with Crippen LogP contribution in [0.4, 0.5) is 5.69 Å². The van der Waals surface area contributed by atoms with E-state index in [1.807, 2.05) is 24.3 Å². The van der Waals surface area contributed by atoms with Gasteiger partial charge in [-0.3, -0.25) is 20.4 Å². The molecule has 0 heterocycles. The minimum Gasteiger partial charge on any atom is -0.483 e. The summed E-state index contributed by atoms with van der Waals surface area (Å²) in [5.41, 5.74) is 12.6. The van der Waals surface area contributed by atoms with Crippen molar-refractivity contribution in [2.45, 2.75) is 26.2 Å². The van der Waals surface area contributed by atoms with E-state index in [2.05, 4.69) is 23.1 Å². The number of hydrogen-bond donors (Lipinski definition) is 4. The van der Waals surface area contributed by atoms with Gasteiger partial charge in [-0.15, -0.1) is 0 Å². The van der Waals surface area contributed by atoms with Crippen LogP contribution in [-0.4, -0.2) is 23.5 Å². The number of amides is 2. The number of rotatable bonds is 8. The molecule has 5 N–H and O–H groups in total. The maximum Gasteiger partial charge on any atom is 0.276 e. The van der Waals surface area contributed by atoms with Crippen LogP contribution >= 0.6 is 12.2 Å². The number of carbonyl (C=O) groups excluding carboxylic acids is 2. The number of benzene rings is 2. The normalized spacial score (nSPS) is 10.0. The number of para-hydroxylation sites is 1. The lowest BCUT2D eigenvalue weighted by molar-refractivity contribution is -0.123. The molecule has 7 nitrogen and oxygen atoms in total. The summed E-state index contributed by atoms with van der Waals surface area (Å²) in [7, 11) is 0. The van der Waals surface area contributed by atoms with Gasteiger partial charge in [-0.1, -0.05) is 37.6 Å². The van der Waals surface area contributed by atoms with E-state index in [0.29, 0.717) is 0 Å². The average Bonchev–Trinajstić information content (AvgIpc) is 2.70. The van der Waals surface area contributed by atoms with E-state index in [9.17, 15) is 9.59 Å². The highest BCUT2D eigenvalue weighted by atomic mass is 32.1. The van der Waals surface area contributed by atoms with E-state index in [1.165, 1.54) is 11.6 Å². The third-order valence-electron chi connectivity index (χ3n) is 3.86. The maximum atomic E-state index is 11.9. The Labute approximate surface area is 169 Å². The summed E-state index contributed by atoms with van der Waals surface area (Å²) in [5, 5.41) is 3.22. The predicted molar refractivity (Wildman–Crippen MR) is 113 cm³/mol. The van der Waals surface area contributed by atoms with Crippen LogP contribution in [0.5, 0.6) is 5.75 Å². The van der Waals surface area contributed by atoms with Crippen molar-refractivity contribution < 1.29 is 14.3 Å². The monoisotopic (exact) mass is 400 g/mol. The van der Waals surface area contributed by atoms with Crippen molar-refractivity contribution in [2.24, 2.45) is 5.73 Å². The van der Waals surface area contributed by atoms with Gasteiger partial charge in [0.15, 0.2) is 11.7 Å². The number of unbranched alkanes of at least 4 members (excludes halogenated alkanes) is 1. The Balaban J connectivity index is 1.75. The Morgan fingerprint density at radius 2 is 1.79 bits per heavy atom. The molecule has 0 radical (unpaired) electrons. The Bertz CT molecular complexity index is 824. The highest BCUT2D eigenvalue weighted by Gasteiger charge is 2.10. The van der Waals surface area contributed by atoms with Crippen molar-refractivity contribution in [1.29, 1.82) is 0 Å². The van der Waals surface area contributed by atoms with Crippen LogP contribution in [0, 0.1) is 0 Å². The zero-order valence-electron chi connectivity index (χ0n) is 15.7. The van der Waals surface area contributed by atoms with Gasteiger partial charge in [0.05, 0.1) is 5.56 Å². The van der Waals surface area contributed by atoms with Gasteiger partial charge in [-0.25, -0.2) is 0 Å². The molecule has 0 saturated heterocycles. The summed E-state index contributed by atoms with van der Waals surface area (Å²) in [5.74, 6) is -0.840. The van der Waals surface area contributed by atoms with Gasteiger partial charge in [-0.05, 0) is 54.9 Å². The molecule has 0 aliphatic rings. The molecule has 148 valence electrons. The number of hydrazine groups is 1. The highest BCUT2D eigenvalue weighted by Crippen LogP contribution is 2.16. The van der Waals surface area contributed by atoms with Crippen LogP contribution in [-0.2, 0) is 11.2 Å². The smallest absolute Gasteiger partial charge is 0.276 e. The number of nitrogens with two attached hydrogens (primary N) is 1. The van der Waals surface area contributed by atoms with Crippen LogP contribution in [0.1, 0.15) is 35.7 Å². The number of ether oxygens (including phenoxy) is 1. The van der Waals surface area contributed by atoms with Gasteiger partial charge in [0.25, 0.3) is 11.8 Å². The fraction of sp³-hybridized carbons (Fsp3) is 0.250. The Kier molecular flexibility index (Phi) is 8.23. The third kappa shape index (κ3) is 6.88. The zero-order valence-corrected chi connectivity index (χ0v) is 16.5. The molecule has 0 spiro atoms. The first-order valence-corrected chi connectivity index (χ1v) is 9.37. The second-order valence-electron chi connectivity index (χ2n) is 6.08. The summed E-state index contributed by atoms with van der Waals surface area (Å²) < 4.78 is 5.34. The fourth-order valence-electron chi connectivity index (χ4n) is 2.40. The lowest BCUT2D eigenvalue weighted by Crippen LogP contribution is -2.45. The fourth-order valence-corrected chi connectivity index (χ4v) is 2.57. The molecule has 8 heteroatoms. The first kappa shape index (κ1) is 21.2. The van der Waals surface area contributed by atoms with Gasteiger partial charge in [0.2, 0.25) is 0 Å². The van der Waals surface area contributed by atoms with E-state index >= 15 is 0 Å². The molecule has 0 fully saturated rings. The Morgan fingerprint density at radius 1 is 1.07 bits per heavy atom. The van der Waals surface area contributed by atoms with Crippen LogP contribution in [0.3, 0.4) is 0 Å². The van der Waals surface area contributed by atoms with Crippen LogP contribution in [0.15, 0.2) is 48.5 Å². The van der Waals surface area contributed by atoms with E-state index in [1.54, 1.807) is 18.2 Å². The first-order chi connectivity index (χ1) is 13.5. The molecule has 0 saturated carbocycles. The minimum atomic E-state index is -0.625. The third-order valence-corrected chi connectivity index (χ3v) is 4.06. The topological polar surface area (TPSA) is 105 Å². The lowest BCUT2D eigenvalue weighted by Gasteiger charge is -2.13. The number of carbonyl (C=O) groups is 2. The van der Waals surface area contributed by atoms with E-state index in [0.717, 1.165) is 24.9 Å². The molecule has 2 amide bonds. The molecule has 28 heavy (non-hydrogen) atoms. The van der Waals surface area contributed by atoms with Gasteiger partial charge >= 0.3 is 0 Å². The molecule has 2 aromatic carbocycles. The molecular formula is C20H24N4O3S. The highest BCUT2D eigenvalue weighted by molar-refractivity contribution is 7.80. The average molecular weight is 401 g/mol. The summed E-state index contributed by atoms with van der Waals surface area (Å²) in [4.78, 5) is 23.2. The SMILES string of the molecule is CCCCc1ccc(NC(=S)NNC(=O)COc2ccccc2C(N)=O)cc1. The molecule has 0 aromatic heterocycles. The second-order valence-corrected chi connectivity index (χ2v) is 6.49. The summed E-state index contributed by atoms with van der Waals surface area (Å²) in [6.07, 6.45) is 3.37. The number of thiocarbonyl (C=S) groups is 1. The van der Waals surface area contributed by atoms with Crippen molar-refractivity contribution in [2.75, 3.05) is 11.9 Å². The summed E-state index contributed by atoms with van der Waals surface area (Å²) in [6, 6.07) is 14.4. The van der Waals surface area contributed by atoms with Gasteiger partial charge < -0.3 is 15.8 Å². The van der Waals surface area contributed by atoms with E-state index in [4.69, 9.17) is 22.7 Å². The number of aryl methyl sites for hydroxylation is 1. The summed E-state index contributed by atoms with van der Waals surface area (Å²) in [6.45, 7) is 1.86. The molecule has 0 atom stereocenters. The van der Waals surface area contributed by atoms with Crippen molar-refractivity contribution >= 4 is 34.8 Å².